The van der Waals surface area contributed by atoms with Gasteiger partial charge in [-0.25, -0.2) is 0 Å². The van der Waals surface area contributed by atoms with E-state index in [4.69, 9.17) is 9.47 Å². The molecule has 53 heavy (non-hydrogen) atoms. The third kappa shape index (κ3) is 5.49. The fourth-order valence-corrected chi connectivity index (χ4v) is 13.9. The second-order valence-corrected chi connectivity index (χ2v) is 18.1. The molecule has 6 saturated carbocycles. The number of hydrogen-bond donors (Lipinski definition) is 0. The number of ether oxygens (including phenoxy) is 2. The Hall–Kier alpha value is -2.83. The van der Waals surface area contributed by atoms with Crippen molar-refractivity contribution in [2.75, 3.05) is 0 Å². The van der Waals surface area contributed by atoms with E-state index in [2.05, 4.69) is 97.1 Å². The van der Waals surface area contributed by atoms with E-state index in [1.807, 2.05) is 0 Å². The Balaban J connectivity index is 0.000000129. The maximum absolute atomic E-state index is 7.01. The zero-order valence-corrected chi connectivity index (χ0v) is 34.2. The van der Waals surface area contributed by atoms with Crippen LogP contribution in [0, 0.1) is 59.5 Å². The van der Waals surface area contributed by atoms with E-state index >= 15 is 0 Å². The predicted molar refractivity (Wildman–Crippen MR) is 210 cm³/mol. The first kappa shape index (κ1) is 34.6. The molecule has 272 valence electrons. The van der Waals surface area contributed by atoms with Gasteiger partial charge in [-0.3, -0.25) is 0 Å². The van der Waals surface area contributed by atoms with Gasteiger partial charge in [0.2, 0.25) is 0 Å². The first-order chi connectivity index (χ1) is 25.7. The van der Waals surface area contributed by atoms with Crippen LogP contribution in [0.3, 0.4) is 0 Å². The number of rotatable bonds is 0. The van der Waals surface area contributed by atoms with E-state index in [-0.39, 0.29) is 32.3 Å². The van der Waals surface area contributed by atoms with Gasteiger partial charge in [0.1, 0.15) is 11.2 Å². The van der Waals surface area contributed by atoms with Gasteiger partial charge < -0.3 is 9.47 Å². The van der Waals surface area contributed by atoms with Gasteiger partial charge >= 0.3 is 21.1 Å². The smallest absolute Gasteiger partial charge is 0.542 e. The Bertz CT molecular complexity index is 1870. The Morgan fingerprint density at radius 3 is 1.06 bits per heavy atom. The van der Waals surface area contributed by atoms with Crippen molar-refractivity contribution in [1.82, 2.24) is 0 Å². The Kier molecular flexibility index (Phi) is 8.97. The van der Waals surface area contributed by atoms with Crippen molar-refractivity contribution in [1.29, 1.82) is 0 Å². The zero-order chi connectivity index (χ0) is 34.3. The van der Waals surface area contributed by atoms with Crippen LogP contribution in [0.1, 0.15) is 114 Å². The molecule has 0 N–H and O–H groups in total. The summed E-state index contributed by atoms with van der Waals surface area (Å²) in [4.78, 5) is 0. The fourth-order valence-electron chi connectivity index (χ4n) is 13.9. The molecule has 4 aromatic carbocycles. The van der Waals surface area contributed by atoms with Gasteiger partial charge in [0.15, 0.2) is 0 Å². The van der Waals surface area contributed by atoms with Crippen LogP contribution in [-0.4, -0.2) is 11.2 Å². The number of fused-ring (bicyclic) bond motifs is 14. The fraction of sp³-hybridized carbons (Fsp3) is 0.520. The van der Waals surface area contributed by atoms with Crippen molar-refractivity contribution < 1.29 is 30.5 Å². The summed E-state index contributed by atoms with van der Waals surface area (Å²) in [5, 5.41) is 5.13. The molecule has 2 heterocycles. The molecule has 0 saturated heterocycles. The largest absolute Gasteiger partial charge is 2.00 e. The third-order valence-corrected chi connectivity index (χ3v) is 15.9. The van der Waals surface area contributed by atoms with E-state index in [1.165, 1.54) is 124 Å². The van der Waals surface area contributed by atoms with Crippen LogP contribution in [0.4, 0.5) is 0 Å². The minimum Gasteiger partial charge on any atom is -0.542 e. The molecule has 8 unspecified atom stereocenters. The van der Waals surface area contributed by atoms with Crippen molar-refractivity contribution in [3.8, 4) is 11.5 Å². The van der Waals surface area contributed by atoms with Crippen LogP contribution in [0.25, 0.3) is 21.5 Å². The topological polar surface area (TPSA) is 18.5 Å². The molecule has 6 aliphatic carbocycles. The quantitative estimate of drug-likeness (QED) is 0.164. The summed E-state index contributed by atoms with van der Waals surface area (Å²) < 4.78 is 14.0. The summed E-state index contributed by atoms with van der Waals surface area (Å²) in [5.74, 6) is 8.50. The van der Waals surface area contributed by atoms with Gasteiger partial charge in [0.05, 0.1) is 0 Å². The van der Waals surface area contributed by atoms with E-state index < -0.39 is 0 Å². The average Bonchev–Trinajstić information content (AvgIpc) is 3.63. The van der Waals surface area contributed by atoms with Gasteiger partial charge in [-0.15, -0.1) is 12.2 Å². The molecule has 2 aliphatic heterocycles. The van der Waals surface area contributed by atoms with Gasteiger partial charge in [-0.1, -0.05) is 123 Å². The average molecular weight is 871 g/mol. The Morgan fingerprint density at radius 1 is 0.415 bits per heavy atom. The van der Waals surface area contributed by atoms with Gasteiger partial charge in [0.25, 0.3) is 0 Å². The molecule has 0 bridgehead atoms. The molecule has 3 heteroatoms. The second-order valence-electron chi connectivity index (χ2n) is 18.1. The molecule has 0 amide bonds. The van der Waals surface area contributed by atoms with Crippen LogP contribution in [-0.2, 0) is 21.1 Å². The van der Waals surface area contributed by atoms with Crippen LogP contribution in [0.2, 0.25) is 0 Å². The summed E-state index contributed by atoms with van der Waals surface area (Å²) in [7, 11) is 0. The molecule has 0 radical (unpaired) electrons. The van der Waals surface area contributed by atoms with Crippen molar-refractivity contribution in [3.63, 3.8) is 0 Å². The molecule has 0 aromatic heterocycles. The van der Waals surface area contributed by atoms with Gasteiger partial charge in [-0.05, 0) is 85.8 Å². The molecule has 8 atom stereocenters. The summed E-state index contributed by atoms with van der Waals surface area (Å²) in [6.07, 6.45) is 34.5. The Morgan fingerprint density at radius 2 is 0.717 bits per heavy atom. The van der Waals surface area contributed by atoms with Crippen molar-refractivity contribution >= 4 is 21.5 Å². The molecule has 4 aromatic rings. The normalized spacial score (nSPS) is 37.1. The van der Waals surface area contributed by atoms with E-state index in [1.54, 1.807) is 0 Å². The predicted octanol–water partition coefficient (Wildman–Crippen LogP) is 12.6. The monoisotopic (exact) mass is 870 g/mol. The third-order valence-electron chi connectivity index (χ3n) is 15.9. The van der Waals surface area contributed by atoms with Crippen LogP contribution < -0.4 is 9.47 Å². The maximum Gasteiger partial charge on any atom is 2.00 e. The van der Waals surface area contributed by atoms with Crippen LogP contribution >= 0.6 is 0 Å². The minimum atomic E-state index is -0.0777. The summed E-state index contributed by atoms with van der Waals surface area (Å²) in [6.45, 7) is 0. The molecular formula is C50H54O2W. The molecular weight excluding hydrogens is 816 g/mol. The zero-order valence-electron chi connectivity index (χ0n) is 31.2. The summed E-state index contributed by atoms with van der Waals surface area (Å²) in [5.41, 5.74) is 2.12. The van der Waals surface area contributed by atoms with Crippen molar-refractivity contribution in [2.24, 2.45) is 47.3 Å². The molecule has 12 rings (SSSR count). The number of benzene rings is 4. The van der Waals surface area contributed by atoms with Gasteiger partial charge in [-0.2, -0.15) is 35.4 Å². The van der Waals surface area contributed by atoms with Crippen LogP contribution in [0.15, 0.2) is 84.9 Å². The Labute approximate surface area is 331 Å². The van der Waals surface area contributed by atoms with E-state index in [9.17, 15) is 0 Å². The maximum atomic E-state index is 7.01. The molecule has 8 aliphatic rings. The first-order valence-electron chi connectivity index (χ1n) is 21.4. The molecule has 6 fully saturated rings. The summed E-state index contributed by atoms with van der Waals surface area (Å²) in [6, 6.07) is 26.3. The van der Waals surface area contributed by atoms with E-state index in [0.717, 1.165) is 46.3 Å². The summed E-state index contributed by atoms with van der Waals surface area (Å²) >= 11 is 0. The molecule has 2 nitrogen and oxygen atoms in total. The minimum absolute atomic E-state index is 0. The van der Waals surface area contributed by atoms with E-state index in [0.29, 0.717) is 23.7 Å². The SMILES string of the molecule is [C-]1=CC2(Oc3cc4ccccc4cc31)C1CCCCC1C1CCCCC12.[C-]1=CC2(Oc3cc4ccccc4cc31)C1CCCCC1C1CCCCC12.[W+2]. The second kappa shape index (κ2) is 13.7. The molecule has 2 spiro atoms. The number of hydrogen-bond acceptors (Lipinski definition) is 2. The van der Waals surface area contributed by atoms with Gasteiger partial charge in [0, 0.05) is 35.2 Å². The van der Waals surface area contributed by atoms with Crippen molar-refractivity contribution in [2.45, 2.75) is 114 Å². The van der Waals surface area contributed by atoms with Crippen molar-refractivity contribution in [3.05, 3.63) is 108 Å². The first-order valence-corrected chi connectivity index (χ1v) is 21.4. The van der Waals surface area contributed by atoms with Crippen LogP contribution in [0.5, 0.6) is 11.5 Å². The standard InChI is InChI=1S/2C25H27O.W/c2*1-2-8-18-16-24-19(15-17(18)7-1)13-14-25(26-24)22-11-5-3-9-20(22)21-10-4-6-12-23(21)25;/h2*1-2,7-8,14-16,20-23H,3-6,9-12H2;/q2*-1;+2.